The number of hydrogen-bond acceptors (Lipinski definition) is 6. The Bertz CT molecular complexity index is 1220. The molecule has 3 aromatic rings. The van der Waals surface area contributed by atoms with Crippen molar-refractivity contribution in [2.75, 3.05) is 30.9 Å². The Labute approximate surface area is 178 Å². The topological polar surface area (TPSA) is 95.1 Å². The number of nitrogens with zero attached hydrogens (tertiary/aromatic N) is 3. The van der Waals surface area contributed by atoms with Crippen molar-refractivity contribution in [3.63, 3.8) is 0 Å². The molecule has 1 saturated heterocycles. The first kappa shape index (κ1) is 21.6. The standard InChI is InChI=1S/C20H23F3N6OS/c1-31(2,30)29-16-7-3-6-13-14(10-25-18(13)16)17-15(20(21,22)23)11-26-19(28-17)27-12-5-4-8-24-9-12/h3,6-7,10-12,24-25H,4-5,8-9H2,1-2H3,(H,26,27,28)/t12-/m0/s1. The third-order valence-electron chi connectivity index (χ3n) is 4.99. The minimum atomic E-state index is -4.62. The molecular weight excluding hydrogens is 429 g/mol. The van der Waals surface area contributed by atoms with Crippen molar-refractivity contribution in [3.05, 3.63) is 36.2 Å². The zero-order valence-electron chi connectivity index (χ0n) is 17.1. The molecule has 1 aromatic carbocycles. The number of rotatable bonds is 4. The fraction of sp³-hybridized carbons (Fsp3) is 0.400. The zero-order chi connectivity index (χ0) is 22.2. The van der Waals surface area contributed by atoms with Gasteiger partial charge in [-0.05, 0) is 25.5 Å². The van der Waals surface area contributed by atoms with E-state index in [-0.39, 0.29) is 23.2 Å². The van der Waals surface area contributed by atoms with Crippen LogP contribution in [0.25, 0.3) is 22.2 Å². The number of fused-ring (bicyclic) bond motifs is 1. The van der Waals surface area contributed by atoms with Crippen LogP contribution < -0.4 is 10.6 Å². The summed E-state index contributed by atoms with van der Waals surface area (Å²) < 4.78 is 57.6. The smallest absolute Gasteiger partial charge is 0.359 e. The molecule has 3 N–H and O–H groups in total. The summed E-state index contributed by atoms with van der Waals surface area (Å²) in [7, 11) is -2.45. The van der Waals surface area contributed by atoms with Crippen LogP contribution in [0.4, 0.5) is 24.8 Å². The lowest BCUT2D eigenvalue weighted by molar-refractivity contribution is -0.137. The van der Waals surface area contributed by atoms with Crippen molar-refractivity contribution in [1.82, 2.24) is 20.3 Å². The molecule has 1 aliphatic rings. The molecule has 31 heavy (non-hydrogen) atoms. The van der Waals surface area contributed by atoms with Gasteiger partial charge in [0, 0.05) is 58.2 Å². The predicted molar refractivity (Wildman–Crippen MR) is 116 cm³/mol. The summed E-state index contributed by atoms with van der Waals surface area (Å²) >= 11 is 0. The maximum absolute atomic E-state index is 13.8. The van der Waals surface area contributed by atoms with Crippen LogP contribution in [0.5, 0.6) is 0 Å². The number of nitrogens with one attached hydrogen (secondary N) is 3. The first-order valence-electron chi connectivity index (χ1n) is 9.81. The van der Waals surface area contributed by atoms with Gasteiger partial charge in [0.05, 0.1) is 16.9 Å². The summed E-state index contributed by atoms with van der Waals surface area (Å²) in [5.41, 5.74) is 0.0775. The normalized spacial score (nSPS) is 17.6. The van der Waals surface area contributed by atoms with E-state index in [0.717, 1.165) is 25.6 Å². The Hall–Kier alpha value is -2.66. The number of para-hydroxylation sites is 1. The zero-order valence-corrected chi connectivity index (χ0v) is 17.9. The van der Waals surface area contributed by atoms with E-state index in [1.807, 2.05) is 0 Å². The van der Waals surface area contributed by atoms with Crippen LogP contribution in [0.2, 0.25) is 0 Å². The molecule has 1 fully saturated rings. The number of H-pyrrole nitrogens is 1. The molecular formula is C20H23F3N6OS. The van der Waals surface area contributed by atoms with Crippen LogP contribution in [0.15, 0.2) is 35.0 Å². The molecule has 0 bridgehead atoms. The summed E-state index contributed by atoms with van der Waals surface area (Å²) in [6.45, 7) is 1.62. The van der Waals surface area contributed by atoms with Crippen LogP contribution in [0, 0.1) is 0 Å². The summed E-state index contributed by atoms with van der Waals surface area (Å²) in [5, 5.41) is 6.89. The van der Waals surface area contributed by atoms with Crippen molar-refractivity contribution in [2.45, 2.75) is 25.1 Å². The lowest BCUT2D eigenvalue weighted by Gasteiger charge is -2.24. The van der Waals surface area contributed by atoms with Gasteiger partial charge < -0.3 is 15.6 Å². The van der Waals surface area contributed by atoms with Gasteiger partial charge >= 0.3 is 6.18 Å². The minimum absolute atomic E-state index is 0.0500. The molecule has 0 aliphatic carbocycles. The largest absolute Gasteiger partial charge is 0.419 e. The second-order valence-corrected chi connectivity index (χ2v) is 10.4. The van der Waals surface area contributed by atoms with Crippen LogP contribution >= 0.6 is 0 Å². The quantitative estimate of drug-likeness (QED) is 0.552. The second kappa shape index (κ2) is 8.12. The van der Waals surface area contributed by atoms with E-state index in [4.69, 9.17) is 0 Å². The van der Waals surface area contributed by atoms with Gasteiger partial charge in [0.1, 0.15) is 5.56 Å². The van der Waals surface area contributed by atoms with Crippen LogP contribution in [-0.2, 0) is 15.9 Å². The average molecular weight is 453 g/mol. The van der Waals surface area contributed by atoms with Gasteiger partial charge in [0.15, 0.2) is 0 Å². The SMILES string of the molecule is CS(C)(=O)=Nc1cccc2c(-c3nc(N[C@H]4CCCNC4)ncc3C(F)(F)F)c[nH]c12. The highest BCUT2D eigenvalue weighted by molar-refractivity contribution is 7.92. The Morgan fingerprint density at radius 3 is 2.77 bits per heavy atom. The van der Waals surface area contributed by atoms with E-state index in [1.54, 1.807) is 18.2 Å². The Morgan fingerprint density at radius 1 is 1.29 bits per heavy atom. The number of aromatic nitrogens is 3. The molecule has 1 aliphatic heterocycles. The van der Waals surface area contributed by atoms with Crippen molar-refractivity contribution >= 4 is 32.3 Å². The molecule has 0 saturated carbocycles. The molecule has 166 valence electrons. The molecule has 11 heteroatoms. The molecule has 2 aromatic heterocycles. The number of halogens is 3. The number of hydrogen-bond donors (Lipinski definition) is 3. The number of aromatic amines is 1. The first-order chi connectivity index (χ1) is 14.6. The van der Waals surface area contributed by atoms with Gasteiger partial charge in [-0.3, -0.25) is 0 Å². The molecule has 0 amide bonds. The lowest BCUT2D eigenvalue weighted by Crippen LogP contribution is -2.38. The van der Waals surface area contributed by atoms with Gasteiger partial charge in [-0.2, -0.15) is 17.5 Å². The van der Waals surface area contributed by atoms with Crippen molar-refractivity contribution in [1.29, 1.82) is 0 Å². The van der Waals surface area contributed by atoms with Gasteiger partial charge in [-0.15, -0.1) is 0 Å². The third-order valence-corrected chi connectivity index (χ3v) is 5.63. The summed E-state index contributed by atoms with van der Waals surface area (Å²) in [6.07, 6.45) is 2.53. The highest BCUT2D eigenvalue weighted by Gasteiger charge is 2.36. The number of piperidine rings is 1. The second-order valence-electron chi connectivity index (χ2n) is 7.82. The van der Waals surface area contributed by atoms with E-state index < -0.39 is 21.5 Å². The Morgan fingerprint density at radius 2 is 2.10 bits per heavy atom. The lowest BCUT2D eigenvalue weighted by atomic mass is 10.1. The highest BCUT2D eigenvalue weighted by atomic mass is 32.2. The van der Waals surface area contributed by atoms with Gasteiger partial charge in [0.2, 0.25) is 5.95 Å². The third kappa shape index (κ3) is 4.82. The molecule has 1 atom stereocenters. The summed E-state index contributed by atoms with van der Waals surface area (Å²) in [6, 6.07) is 5.08. The van der Waals surface area contributed by atoms with Crippen LogP contribution in [-0.4, -0.2) is 50.8 Å². The Kier molecular flexibility index (Phi) is 5.65. The van der Waals surface area contributed by atoms with E-state index in [0.29, 0.717) is 23.1 Å². The van der Waals surface area contributed by atoms with Crippen molar-refractivity contribution < 1.29 is 17.4 Å². The minimum Gasteiger partial charge on any atom is -0.359 e. The van der Waals surface area contributed by atoms with E-state index in [1.165, 1.54) is 18.7 Å². The van der Waals surface area contributed by atoms with E-state index >= 15 is 0 Å². The molecule has 4 rings (SSSR count). The fourth-order valence-corrected chi connectivity index (χ4v) is 4.29. The maximum Gasteiger partial charge on any atom is 0.419 e. The number of alkyl halides is 3. The molecule has 3 heterocycles. The molecule has 0 unspecified atom stereocenters. The van der Waals surface area contributed by atoms with Crippen LogP contribution in [0.1, 0.15) is 18.4 Å². The molecule has 0 spiro atoms. The monoisotopic (exact) mass is 452 g/mol. The van der Waals surface area contributed by atoms with Crippen LogP contribution in [0.3, 0.4) is 0 Å². The summed E-state index contributed by atoms with van der Waals surface area (Å²) in [5.74, 6) is 0.150. The van der Waals surface area contributed by atoms with Gasteiger partial charge in [-0.1, -0.05) is 12.1 Å². The average Bonchev–Trinajstić information content (AvgIpc) is 3.12. The fourth-order valence-electron chi connectivity index (χ4n) is 3.67. The maximum atomic E-state index is 13.8. The van der Waals surface area contributed by atoms with Crippen molar-refractivity contribution in [2.24, 2.45) is 4.36 Å². The predicted octanol–water partition coefficient (Wildman–Crippen LogP) is 4.17. The molecule has 0 radical (unpaired) electrons. The van der Waals surface area contributed by atoms with Gasteiger partial charge in [0.25, 0.3) is 0 Å². The van der Waals surface area contributed by atoms with Gasteiger partial charge in [-0.25, -0.2) is 14.2 Å². The first-order valence-corrected chi connectivity index (χ1v) is 12.1. The Balaban J connectivity index is 1.84. The van der Waals surface area contributed by atoms with E-state index in [9.17, 15) is 17.4 Å². The molecule has 7 nitrogen and oxygen atoms in total. The van der Waals surface area contributed by atoms with Crippen molar-refractivity contribution in [3.8, 4) is 11.3 Å². The highest BCUT2D eigenvalue weighted by Crippen LogP contribution is 2.40. The number of anilines is 1. The summed E-state index contributed by atoms with van der Waals surface area (Å²) in [4.78, 5) is 11.2. The number of benzene rings is 1. The van der Waals surface area contributed by atoms with E-state index in [2.05, 4.69) is 29.9 Å².